The van der Waals surface area contributed by atoms with E-state index in [1.807, 2.05) is 55.4 Å². The van der Waals surface area contributed by atoms with E-state index in [4.69, 9.17) is 9.47 Å². The molecule has 0 radical (unpaired) electrons. The standard InChI is InChI=1S/C22H40N2O5S/c1-15(2)18(25)28-16-13-17(23-30(27)21(6,7)8)22(14-16)9-11-24(12-10-22)19(26)29-20(3,4)5/h15-17,23H,9-14H2,1-8H3/t16-,17-,30?/m1/s1. The van der Waals surface area contributed by atoms with Gasteiger partial charge in [-0.25, -0.2) is 13.7 Å². The molecule has 174 valence electrons. The molecule has 0 aromatic carbocycles. The van der Waals surface area contributed by atoms with Gasteiger partial charge < -0.3 is 14.4 Å². The lowest BCUT2D eigenvalue weighted by molar-refractivity contribution is -0.152. The number of rotatable bonds is 4. The highest BCUT2D eigenvalue weighted by atomic mass is 32.2. The number of nitrogens with one attached hydrogen (secondary N) is 1. The van der Waals surface area contributed by atoms with Gasteiger partial charge in [0.1, 0.15) is 11.7 Å². The van der Waals surface area contributed by atoms with Crippen molar-refractivity contribution in [3.05, 3.63) is 0 Å². The number of hydrogen-bond acceptors (Lipinski definition) is 5. The van der Waals surface area contributed by atoms with Crippen LogP contribution in [0.25, 0.3) is 0 Å². The number of piperidine rings is 1. The van der Waals surface area contributed by atoms with E-state index in [0.717, 1.165) is 19.3 Å². The molecule has 0 aromatic heterocycles. The summed E-state index contributed by atoms with van der Waals surface area (Å²) in [6, 6.07) is -0.0247. The summed E-state index contributed by atoms with van der Waals surface area (Å²) in [7, 11) is -1.22. The van der Waals surface area contributed by atoms with Crippen molar-refractivity contribution < 1.29 is 23.3 Å². The minimum absolute atomic E-state index is 0.0247. The summed E-state index contributed by atoms with van der Waals surface area (Å²) < 4.78 is 27.0. The second-order valence-corrected chi connectivity index (χ2v) is 13.0. The highest BCUT2D eigenvalue weighted by Crippen LogP contribution is 2.48. The quantitative estimate of drug-likeness (QED) is 0.667. The van der Waals surface area contributed by atoms with E-state index in [-0.39, 0.29) is 40.3 Å². The van der Waals surface area contributed by atoms with Gasteiger partial charge in [-0.05, 0) is 66.2 Å². The van der Waals surface area contributed by atoms with Crippen molar-refractivity contribution in [2.24, 2.45) is 11.3 Å². The molecule has 2 fully saturated rings. The van der Waals surface area contributed by atoms with Crippen LogP contribution >= 0.6 is 0 Å². The first-order valence-electron chi connectivity index (χ1n) is 11.0. The molecule has 1 saturated carbocycles. The number of carbonyl (C=O) groups excluding carboxylic acids is 2. The van der Waals surface area contributed by atoms with E-state index in [0.29, 0.717) is 19.5 Å². The van der Waals surface area contributed by atoms with Crippen LogP contribution in [0.4, 0.5) is 4.79 Å². The van der Waals surface area contributed by atoms with Gasteiger partial charge in [0.15, 0.2) is 0 Å². The van der Waals surface area contributed by atoms with Crippen molar-refractivity contribution in [3.8, 4) is 0 Å². The fourth-order valence-corrected chi connectivity index (χ4v) is 5.03. The minimum Gasteiger partial charge on any atom is -0.462 e. The van der Waals surface area contributed by atoms with Gasteiger partial charge in [0.25, 0.3) is 0 Å². The zero-order chi connectivity index (χ0) is 22.9. The highest BCUT2D eigenvalue weighted by molar-refractivity contribution is 7.84. The minimum atomic E-state index is -1.22. The van der Waals surface area contributed by atoms with Gasteiger partial charge in [0.05, 0.1) is 21.7 Å². The van der Waals surface area contributed by atoms with E-state index < -0.39 is 16.6 Å². The van der Waals surface area contributed by atoms with Crippen LogP contribution in [0.5, 0.6) is 0 Å². The second-order valence-electron chi connectivity index (χ2n) is 11.0. The third-order valence-corrected chi connectivity index (χ3v) is 7.45. The predicted molar refractivity (Wildman–Crippen MR) is 118 cm³/mol. The molecule has 7 nitrogen and oxygen atoms in total. The Labute approximate surface area is 184 Å². The molecule has 1 unspecified atom stereocenters. The molecular weight excluding hydrogens is 404 g/mol. The number of likely N-dealkylation sites (tertiary alicyclic amines) is 1. The number of hydrogen-bond donors (Lipinski definition) is 1. The van der Waals surface area contributed by atoms with Gasteiger partial charge in [0.2, 0.25) is 0 Å². The van der Waals surface area contributed by atoms with Gasteiger partial charge in [-0.1, -0.05) is 13.8 Å². The SMILES string of the molecule is CC(C)C(=O)O[C@@H]1C[C@@H](NS(=O)C(C)(C)C)C2(CCN(C(=O)OC(C)(C)C)CC2)C1. The summed E-state index contributed by atoms with van der Waals surface area (Å²) in [6.07, 6.45) is 2.42. The first-order valence-corrected chi connectivity index (χ1v) is 12.1. The van der Waals surface area contributed by atoms with Crippen LogP contribution in [-0.2, 0) is 25.3 Å². The molecule has 1 amide bonds. The van der Waals surface area contributed by atoms with Crippen LogP contribution in [0.2, 0.25) is 0 Å². The fraction of sp³-hybridized carbons (Fsp3) is 0.909. The van der Waals surface area contributed by atoms with Crippen LogP contribution < -0.4 is 4.72 Å². The highest BCUT2D eigenvalue weighted by Gasteiger charge is 2.51. The molecule has 0 bridgehead atoms. The van der Waals surface area contributed by atoms with Crippen LogP contribution in [-0.4, -0.2) is 56.8 Å². The maximum absolute atomic E-state index is 12.8. The molecule has 1 aliphatic carbocycles. The third kappa shape index (κ3) is 6.42. The van der Waals surface area contributed by atoms with E-state index in [1.54, 1.807) is 4.90 Å². The van der Waals surface area contributed by atoms with Gasteiger partial charge in [0, 0.05) is 25.6 Å². The summed E-state index contributed by atoms with van der Waals surface area (Å²) in [5.74, 6) is -0.371. The fourth-order valence-electron chi connectivity index (χ4n) is 4.07. The van der Waals surface area contributed by atoms with E-state index in [9.17, 15) is 13.8 Å². The van der Waals surface area contributed by atoms with Crippen LogP contribution in [0.15, 0.2) is 0 Å². The lowest BCUT2D eigenvalue weighted by Crippen LogP contribution is -2.52. The maximum Gasteiger partial charge on any atom is 0.410 e. The molecule has 8 heteroatoms. The zero-order valence-corrected chi connectivity index (χ0v) is 20.7. The molecule has 1 heterocycles. The predicted octanol–water partition coefficient (Wildman–Crippen LogP) is 3.79. The maximum atomic E-state index is 12.8. The molecule has 1 saturated heterocycles. The van der Waals surface area contributed by atoms with E-state index in [1.165, 1.54) is 0 Å². The topological polar surface area (TPSA) is 84.9 Å². The van der Waals surface area contributed by atoms with Gasteiger partial charge in [-0.3, -0.25) is 4.79 Å². The Morgan fingerprint density at radius 3 is 2.13 bits per heavy atom. The largest absolute Gasteiger partial charge is 0.462 e. The molecule has 1 N–H and O–H groups in total. The number of ether oxygens (including phenoxy) is 2. The van der Waals surface area contributed by atoms with Crippen LogP contribution in [0.3, 0.4) is 0 Å². The van der Waals surface area contributed by atoms with Crippen molar-refractivity contribution in [3.63, 3.8) is 0 Å². The summed E-state index contributed by atoms with van der Waals surface area (Å²) in [4.78, 5) is 26.4. The monoisotopic (exact) mass is 444 g/mol. The van der Waals surface area contributed by atoms with Crippen LogP contribution in [0, 0.1) is 11.3 Å². The second kappa shape index (κ2) is 9.15. The normalized spacial score (nSPS) is 25.4. The Balaban J connectivity index is 2.12. The number of carbonyl (C=O) groups is 2. The smallest absolute Gasteiger partial charge is 0.410 e. The first-order chi connectivity index (χ1) is 13.6. The average molecular weight is 445 g/mol. The third-order valence-electron chi connectivity index (χ3n) is 5.84. The lowest BCUT2D eigenvalue weighted by Gasteiger charge is -2.43. The van der Waals surface area contributed by atoms with Crippen molar-refractivity contribution in [2.75, 3.05) is 13.1 Å². The Morgan fingerprint density at radius 1 is 1.10 bits per heavy atom. The Bertz CT molecular complexity index is 657. The van der Waals surface area contributed by atoms with E-state index in [2.05, 4.69) is 4.72 Å². The number of nitrogens with zero attached hydrogens (tertiary/aromatic N) is 1. The molecular formula is C22H40N2O5S. The van der Waals surface area contributed by atoms with Gasteiger partial charge >= 0.3 is 12.1 Å². The molecule has 2 rings (SSSR count). The Kier molecular flexibility index (Phi) is 7.66. The zero-order valence-electron chi connectivity index (χ0n) is 19.9. The summed E-state index contributed by atoms with van der Waals surface area (Å²) in [5, 5.41) is 0. The van der Waals surface area contributed by atoms with Crippen molar-refractivity contribution in [1.29, 1.82) is 0 Å². The molecule has 1 spiro atoms. The molecule has 3 atom stereocenters. The summed E-state index contributed by atoms with van der Waals surface area (Å²) in [6.45, 7) is 16.2. The Morgan fingerprint density at radius 2 is 1.67 bits per heavy atom. The number of amides is 1. The average Bonchev–Trinajstić information content (AvgIpc) is 2.89. The lowest BCUT2D eigenvalue weighted by atomic mass is 9.74. The Hall–Kier alpha value is -1.15. The van der Waals surface area contributed by atoms with Crippen molar-refractivity contribution in [1.82, 2.24) is 9.62 Å². The van der Waals surface area contributed by atoms with Crippen molar-refractivity contribution in [2.45, 2.75) is 104 Å². The molecule has 1 aliphatic heterocycles. The first kappa shape index (κ1) is 25.1. The summed E-state index contributed by atoms with van der Waals surface area (Å²) >= 11 is 0. The van der Waals surface area contributed by atoms with Gasteiger partial charge in [-0.2, -0.15) is 0 Å². The van der Waals surface area contributed by atoms with Gasteiger partial charge in [-0.15, -0.1) is 0 Å². The van der Waals surface area contributed by atoms with E-state index >= 15 is 0 Å². The van der Waals surface area contributed by atoms with Crippen LogP contribution in [0.1, 0.15) is 81.1 Å². The van der Waals surface area contributed by atoms with Crippen molar-refractivity contribution >= 4 is 23.0 Å². The molecule has 0 aromatic rings. The molecule has 30 heavy (non-hydrogen) atoms. The number of esters is 1. The molecule has 2 aliphatic rings. The summed E-state index contributed by atoms with van der Waals surface area (Å²) in [5.41, 5.74) is -0.676.